The summed E-state index contributed by atoms with van der Waals surface area (Å²) in [7, 11) is 0. The summed E-state index contributed by atoms with van der Waals surface area (Å²) in [5, 5.41) is 0. The molecule has 0 bridgehead atoms. The van der Waals surface area contributed by atoms with Gasteiger partial charge in [0.2, 0.25) is 0 Å². The molecule has 1 spiro atoms. The van der Waals surface area contributed by atoms with Crippen molar-refractivity contribution in [2.24, 2.45) is 17.3 Å². The van der Waals surface area contributed by atoms with Crippen molar-refractivity contribution >= 4 is 35.8 Å². The SMILES string of the molecule is CCCC(=O)OC1CC(C)=CC2OC(=O)C3(C)OC23C(OC(C)=O)C2C(C)C(OC(=O)CC)CC(OC(C)=O)C2(C)C1OC(C)=O. The van der Waals surface area contributed by atoms with Gasteiger partial charge in [-0.25, -0.2) is 4.79 Å². The minimum atomic E-state index is -1.53. The van der Waals surface area contributed by atoms with Gasteiger partial charge in [-0.15, -0.1) is 0 Å². The van der Waals surface area contributed by atoms with Gasteiger partial charge in [0.05, 0.1) is 5.41 Å². The van der Waals surface area contributed by atoms with Gasteiger partial charge in [0.15, 0.2) is 17.3 Å². The Morgan fingerprint density at radius 2 is 1.46 bits per heavy atom. The molecule has 2 saturated heterocycles. The molecule has 0 aromatic carbocycles. The van der Waals surface area contributed by atoms with Gasteiger partial charge in [-0.3, -0.25) is 24.0 Å². The first-order chi connectivity index (χ1) is 21.5. The molecule has 0 N–H and O–H groups in total. The lowest BCUT2D eigenvalue weighted by Gasteiger charge is -2.57. The zero-order valence-electron chi connectivity index (χ0n) is 28.0. The average molecular weight is 651 g/mol. The number of esters is 6. The highest BCUT2D eigenvalue weighted by molar-refractivity contribution is 5.89. The van der Waals surface area contributed by atoms with Crippen LogP contribution in [-0.4, -0.2) is 83.6 Å². The Morgan fingerprint density at radius 1 is 0.870 bits per heavy atom. The topological polar surface area (TPSA) is 170 Å². The van der Waals surface area contributed by atoms with Gasteiger partial charge in [-0.2, -0.15) is 0 Å². The predicted molar refractivity (Wildman–Crippen MR) is 157 cm³/mol. The summed E-state index contributed by atoms with van der Waals surface area (Å²) in [4.78, 5) is 77.5. The maximum absolute atomic E-state index is 13.3. The molecule has 2 heterocycles. The standard InChI is InChI=1S/C33H46O13/c1-10-12-26(38)44-22-13-16(3)14-24-33(32(9,46-33)30(39)45-24)29(42-20(7)36)27-17(4)21(43-25(37)11-2)15-23(40-18(5)34)31(27,8)28(22)41-19(6)35/h14,17,21-24,27-29H,10-13,15H2,1-9H3. The van der Waals surface area contributed by atoms with Crippen molar-refractivity contribution in [3.63, 3.8) is 0 Å². The summed E-state index contributed by atoms with van der Waals surface area (Å²) in [6.45, 7) is 13.9. The van der Waals surface area contributed by atoms with Crippen molar-refractivity contribution in [3.05, 3.63) is 11.6 Å². The van der Waals surface area contributed by atoms with E-state index < -0.39 is 101 Å². The molecule has 3 fully saturated rings. The van der Waals surface area contributed by atoms with Crippen LogP contribution in [0, 0.1) is 17.3 Å². The fourth-order valence-corrected chi connectivity index (χ4v) is 7.93. The maximum Gasteiger partial charge on any atom is 0.342 e. The Kier molecular flexibility index (Phi) is 9.97. The van der Waals surface area contributed by atoms with E-state index >= 15 is 0 Å². The highest BCUT2D eigenvalue weighted by atomic mass is 16.7. The van der Waals surface area contributed by atoms with Crippen molar-refractivity contribution in [2.75, 3.05) is 0 Å². The quantitative estimate of drug-likeness (QED) is 0.162. The number of hydrogen-bond acceptors (Lipinski definition) is 13. The van der Waals surface area contributed by atoms with E-state index in [9.17, 15) is 28.8 Å². The van der Waals surface area contributed by atoms with E-state index in [0.717, 1.165) is 0 Å². The van der Waals surface area contributed by atoms with Crippen molar-refractivity contribution in [3.8, 4) is 0 Å². The van der Waals surface area contributed by atoms with Crippen molar-refractivity contribution in [2.45, 2.75) is 142 Å². The van der Waals surface area contributed by atoms with Gasteiger partial charge in [0.25, 0.3) is 0 Å². The van der Waals surface area contributed by atoms with Gasteiger partial charge in [0.1, 0.15) is 30.5 Å². The van der Waals surface area contributed by atoms with Gasteiger partial charge in [-0.1, -0.05) is 33.3 Å². The second-order valence-electron chi connectivity index (χ2n) is 13.3. The van der Waals surface area contributed by atoms with Crippen LogP contribution in [0.3, 0.4) is 0 Å². The minimum Gasteiger partial charge on any atom is -0.462 e. The lowest BCUT2D eigenvalue weighted by molar-refractivity contribution is -0.248. The van der Waals surface area contributed by atoms with Crippen LogP contribution in [-0.2, 0) is 61.9 Å². The van der Waals surface area contributed by atoms with Crippen molar-refractivity contribution in [1.82, 2.24) is 0 Å². The first-order valence-corrected chi connectivity index (χ1v) is 15.9. The summed E-state index contributed by atoms with van der Waals surface area (Å²) in [5.74, 6) is -5.39. The molecule has 4 rings (SSSR count). The van der Waals surface area contributed by atoms with Crippen molar-refractivity contribution < 1.29 is 61.9 Å². The summed E-state index contributed by atoms with van der Waals surface area (Å²) in [6, 6.07) is 0. The number of hydrogen-bond donors (Lipinski definition) is 0. The lowest BCUT2D eigenvalue weighted by Crippen LogP contribution is -2.68. The maximum atomic E-state index is 13.3. The minimum absolute atomic E-state index is 0.00151. The number of epoxide rings is 1. The molecule has 0 radical (unpaired) electrons. The van der Waals surface area contributed by atoms with Crippen LogP contribution in [0.25, 0.3) is 0 Å². The smallest absolute Gasteiger partial charge is 0.342 e. The summed E-state index contributed by atoms with van der Waals surface area (Å²) >= 11 is 0. The summed E-state index contributed by atoms with van der Waals surface area (Å²) < 4.78 is 42.2. The second-order valence-corrected chi connectivity index (χ2v) is 13.3. The predicted octanol–water partition coefficient (Wildman–Crippen LogP) is 3.28. The van der Waals surface area contributed by atoms with E-state index in [1.165, 1.54) is 20.8 Å². The van der Waals surface area contributed by atoms with E-state index in [4.69, 9.17) is 33.2 Å². The molecule has 13 heteroatoms. The van der Waals surface area contributed by atoms with E-state index in [0.29, 0.717) is 12.0 Å². The van der Waals surface area contributed by atoms with Crippen LogP contribution in [0.2, 0.25) is 0 Å². The number of carbonyl (C=O) groups is 6. The fraction of sp³-hybridized carbons (Fsp3) is 0.758. The zero-order chi connectivity index (χ0) is 34.4. The van der Waals surface area contributed by atoms with Crippen LogP contribution < -0.4 is 0 Å². The van der Waals surface area contributed by atoms with E-state index in [-0.39, 0.29) is 25.7 Å². The molecule has 2 aliphatic heterocycles. The molecular weight excluding hydrogens is 604 g/mol. The van der Waals surface area contributed by atoms with Crippen LogP contribution in [0.1, 0.15) is 94.4 Å². The normalized spacial score (nSPS) is 39.6. The molecule has 4 aliphatic rings. The molecule has 0 aromatic heterocycles. The Balaban J connectivity index is 2.07. The van der Waals surface area contributed by atoms with Gasteiger partial charge >= 0.3 is 35.8 Å². The Hall–Kier alpha value is -3.48. The summed E-state index contributed by atoms with van der Waals surface area (Å²) in [6.07, 6.45) is -4.23. The third kappa shape index (κ3) is 6.02. The first kappa shape index (κ1) is 35.4. The largest absolute Gasteiger partial charge is 0.462 e. The molecular formula is C33H46O13. The van der Waals surface area contributed by atoms with Crippen molar-refractivity contribution in [1.29, 1.82) is 0 Å². The molecule has 11 atom stereocenters. The molecule has 256 valence electrons. The van der Waals surface area contributed by atoms with Crippen LogP contribution in [0.5, 0.6) is 0 Å². The highest BCUT2D eigenvalue weighted by Crippen LogP contribution is 2.66. The molecule has 13 nitrogen and oxygen atoms in total. The molecule has 11 unspecified atom stereocenters. The molecule has 2 aliphatic carbocycles. The van der Waals surface area contributed by atoms with E-state index in [1.807, 2.05) is 6.92 Å². The molecule has 0 amide bonds. The second kappa shape index (κ2) is 13.0. The molecule has 46 heavy (non-hydrogen) atoms. The Labute approximate surface area is 268 Å². The van der Waals surface area contributed by atoms with Crippen LogP contribution >= 0.6 is 0 Å². The van der Waals surface area contributed by atoms with Crippen LogP contribution in [0.15, 0.2) is 11.6 Å². The van der Waals surface area contributed by atoms with Crippen LogP contribution in [0.4, 0.5) is 0 Å². The molecule has 0 aromatic rings. The Bertz CT molecular complexity index is 1310. The number of carbonyl (C=O) groups excluding carboxylic acids is 6. The number of rotatable bonds is 8. The third-order valence-electron chi connectivity index (χ3n) is 10.00. The highest BCUT2D eigenvalue weighted by Gasteiger charge is 2.87. The average Bonchev–Trinajstić information content (AvgIpc) is 3.53. The number of fused-ring (bicyclic) bond motifs is 1. The summed E-state index contributed by atoms with van der Waals surface area (Å²) in [5.41, 5.74) is -3.89. The monoisotopic (exact) mass is 650 g/mol. The Morgan fingerprint density at radius 3 is 2.00 bits per heavy atom. The number of ether oxygens (including phenoxy) is 7. The van der Waals surface area contributed by atoms with Gasteiger partial charge in [-0.05, 0) is 26.3 Å². The third-order valence-corrected chi connectivity index (χ3v) is 10.00. The zero-order valence-corrected chi connectivity index (χ0v) is 28.0. The van der Waals surface area contributed by atoms with Gasteiger partial charge < -0.3 is 33.2 Å². The fourth-order valence-electron chi connectivity index (χ4n) is 7.93. The van der Waals surface area contributed by atoms with Gasteiger partial charge in [0, 0.05) is 58.3 Å². The van der Waals surface area contributed by atoms with E-state index in [2.05, 4.69) is 0 Å². The molecule has 1 saturated carbocycles. The van der Waals surface area contributed by atoms with E-state index in [1.54, 1.807) is 40.7 Å². The first-order valence-electron chi connectivity index (χ1n) is 15.9. The lowest BCUT2D eigenvalue weighted by atomic mass is 9.52.